The summed E-state index contributed by atoms with van der Waals surface area (Å²) in [7, 11) is -16.7. The third-order valence-corrected chi connectivity index (χ3v) is 37.7. The Morgan fingerprint density at radius 1 is 0.527 bits per heavy atom. The quantitative estimate of drug-likeness (QED) is 0.00877. The molecule has 3 saturated carbocycles. The molecule has 6 aliphatic rings. The molecule has 3 saturated heterocycles. The first-order valence-corrected chi connectivity index (χ1v) is 51.0. The Bertz CT molecular complexity index is 6270. The van der Waals surface area contributed by atoms with Crippen LogP contribution in [0.5, 0.6) is 5.75 Å². The number of phosphoric acid groups is 3. The van der Waals surface area contributed by atoms with Crippen LogP contribution in [-0.2, 0) is 58.7 Å². The summed E-state index contributed by atoms with van der Waals surface area (Å²) in [5, 5.41) is 31.2. The predicted molar refractivity (Wildman–Crippen MR) is 464 cm³/mol. The summed E-state index contributed by atoms with van der Waals surface area (Å²) in [6.07, 6.45) is 1.81. The number of imidazole rings is 3. The summed E-state index contributed by atoms with van der Waals surface area (Å²) >= 11 is 0. The van der Waals surface area contributed by atoms with Gasteiger partial charge in [0.25, 0.3) is 22.4 Å². The number of phosphoric ester groups is 3. The Hall–Kier alpha value is -10.0. The van der Waals surface area contributed by atoms with E-state index in [0.29, 0.717) is 35.3 Å². The Balaban J connectivity index is 0.000000150. The van der Waals surface area contributed by atoms with Gasteiger partial charge in [-0.1, -0.05) is 97.7 Å². The molecule has 48 heteroatoms. The highest BCUT2D eigenvalue weighted by atomic mass is 31.2. The molecule has 10 aromatic rings. The minimum atomic E-state index is -4.16. The van der Waals surface area contributed by atoms with E-state index >= 15 is 0 Å². The first kappa shape index (κ1) is 96.5. The van der Waals surface area contributed by atoms with E-state index in [9.17, 15) is 74.7 Å². The average Bonchev–Trinajstić information content (AvgIpc) is 1.61. The standard InChI is InChI=1S/C27H36F2N5O6PSi.C21H22F2N5O6P.C18H29N5O3Si.C15H12F2NO6P/c1-15-17(13-38-41(36)37-11-10-20(39-41)16-8-7-9-18(28)22(16)29)21(40-42(5,6)27(2,3)4)12-19(15)34-14-31-23-24(34)32-26(30)33-25(23)35;1-10-12(15(29)7-14(10)28-9-25-18-19(28)26-21(24)27-20(18)30)8-33-35(31)32-6-5-16(34-35)11-3-2-4-13(22)17(11)23;1-10-11(8-24)13(26-27(5,6)18(2,3)4)7-12(10)23-9-20-14-15(23)21-17(19)22-16(14)25;16-13-3-1-2-12(15(13)17)14-8-9-22-25(21,24-14)23-11-6-4-10(5-7-11)18(19)20/h7-9,14,17,19-21H,1,10-13H2,2-6H3,(H3,30,32,33,35);2-4,9,12,14-16,29H,1,5-8H2,(H3,24,26,27,30);9,11-13,24H,1,7-8H2,2-6H3,(H3,19,21,22,25);1-7,14H,8-9H2/t17-,19-,20+,21-,41-;12-,14-,15-,16+,35-;11-,12-,13-;14-,25?/m0001/s1. The molecule has 9 heterocycles. The summed E-state index contributed by atoms with van der Waals surface area (Å²) in [6, 6.07) is 14.8. The largest absolute Gasteiger partial charge is 0.530 e. The summed E-state index contributed by atoms with van der Waals surface area (Å²) < 4.78 is 190. The van der Waals surface area contributed by atoms with Crippen molar-refractivity contribution >= 4 is 97.1 Å². The molecule has 11 N–H and O–H groups in total. The van der Waals surface area contributed by atoms with E-state index in [1.165, 1.54) is 61.2 Å². The van der Waals surface area contributed by atoms with Crippen molar-refractivity contribution in [3.8, 4) is 5.75 Å². The topological polar surface area (TPSA) is 505 Å². The van der Waals surface area contributed by atoms with Gasteiger partial charge >= 0.3 is 23.5 Å². The number of nitrogens with zero attached hydrogens (tertiary/aromatic N) is 10. The highest BCUT2D eigenvalue weighted by Gasteiger charge is 2.51. The Kier molecular flexibility index (Phi) is 28.5. The molecule has 3 aliphatic heterocycles. The number of hydrogen-bond donors (Lipinski definition) is 8. The number of anilines is 3. The first-order chi connectivity index (χ1) is 60.6. The van der Waals surface area contributed by atoms with Crippen LogP contribution < -0.4 is 38.4 Å². The van der Waals surface area contributed by atoms with Gasteiger partial charge in [-0.2, -0.15) is 15.0 Å². The van der Waals surface area contributed by atoms with E-state index in [1.807, 2.05) is 4.57 Å². The maximum Gasteiger partial charge on any atom is 0.530 e. The van der Waals surface area contributed by atoms with E-state index in [4.69, 9.17) is 66.8 Å². The minimum Gasteiger partial charge on any atom is -0.413 e. The Labute approximate surface area is 735 Å². The van der Waals surface area contributed by atoms with Crippen molar-refractivity contribution in [2.75, 3.05) is 56.8 Å². The van der Waals surface area contributed by atoms with Gasteiger partial charge in [0.2, 0.25) is 17.8 Å². The van der Waals surface area contributed by atoms with E-state index in [1.54, 1.807) is 15.5 Å². The zero-order valence-electron chi connectivity index (χ0n) is 71.7. The number of nitrogens with one attached hydrogen (secondary N) is 3. The zero-order valence-corrected chi connectivity index (χ0v) is 76.4. The summed E-state index contributed by atoms with van der Waals surface area (Å²) in [5.41, 5.74) is 19.0. The maximum absolute atomic E-state index is 14.5. The molecule has 1 unspecified atom stereocenters. The maximum atomic E-state index is 14.5. The van der Waals surface area contributed by atoms with Gasteiger partial charge in [0, 0.05) is 65.8 Å². The molecule has 0 radical (unpaired) electrons. The lowest BCUT2D eigenvalue weighted by molar-refractivity contribution is -0.384. The number of nitro benzene ring substituents is 1. The molecule has 129 heavy (non-hydrogen) atoms. The zero-order chi connectivity index (χ0) is 93.7. The number of fused-ring (bicyclic) bond motifs is 3. The number of rotatable bonds is 20. The molecule has 6 aromatic heterocycles. The van der Waals surface area contributed by atoms with E-state index < -0.39 is 139 Å². The van der Waals surface area contributed by atoms with E-state index in [0.717, 1.165) is 35.9 Å². The number of aliphatic hydroxyl groups excluding tert-OH is 2. The third-order valence-electron chi connectivity index (χ3n) is 24.2. The third kappa shape index (κ3) is 20.8. The number of non-ortho nitro benzene ring substituents is 1. The smallest absolute Gasteiger partial charge is 0.413 e. The fraction of sp³-hybridized carbons (Fsp3) is 0.444. The number of aromatic nitrogens is 12. The number of nitrogens with two attached hydrogens (primary N) is 3. The molecule has 4 aromatic carbocycles. The molecule has 0 bridgehead atoms. The molecular formula is C81H99F6N16O21P3Si2. The molecule has 15 atom stereocenters. The lowest BCUT2D eigenvalue weighted by Crippen LogP contribution is -2.45. The highest BCUT2D eigenvalue weighted by molar-refractivity contribution is 7.49. The number of aliphatic hydroxyl groups is 2. The minimum absolute atomic E-state index is 0.0225. The van der Waals surface area contributed by atoms with Crippen molar-refractivity contribution < 1.29 is 105 Å². The average molecular weight is 1900 g/mol. The number of nitrogen functional groups attached to an aromatic ring is 3. The second-order valence-electron chi connectivity index (χ2n) is 34.6. The van der Waals surface area contributed by atoms with Crippen molar-refractivity contribution in [3.63, 3.8) is 0 Å². The van der Waals surface area contributed by atoms with Crippen LogP contribution in [0.1, 0.15) is 133 Å². The number of H-pyrrole nitrogens is 3. The van der Waals surface area contributed by atoms with Gasteiger partial charge in [-0.25, -0.2) is 55.0 Å². The molecule has 0 amide bonds. The lowest BCUT2D eigenvalue weighted by Gasteiger charge is -2.40. The van der Waals surface area contributed by atoms with Crippen molar-refractivity contribution in [3.05, 3.63) is 227 Å². The molecule has 37 nitrogen and oxygen atoms in total. The molecular weight excluding hydrogens is 1800 g/mol. The second kappa shape index (κ2) is 38.0. The molecule has 16 rings (SSSR count). The summed E-state index contributed by atoms with van der Waals surface area (Å²) in [5.74, 6) is -7.69. The Morgan fingerprint density at radius 3 is 1.22 bits per heavy atom. The van der Waals surface area contributed by atoms with Crippen LogP contribution in [0.2, 0.25) is 36.3 Å². The van der Waals surface area contributed by atoms with Crippen LogP contribution in [0.4, 0.5) is 49.9 Å². The SMILES string of the molecule is C=C1[C@H](CO)[C@@H](O[Si](C)(C)C(C)(C)C)C[C@@H]1n1cnc2c(=O)[nH]c(N)nc21.C=C1[C@H](CO[P@]2(=O)OCC[C@H](c3cccc(F)c3F)O2)[C@@H](O)C[C@@H]1n1cnc2c(=O)[nH]c(N)nc21.C=C1[C@H](CO[P@]2(=O)OCC[C@H](c3cccc(F)c3F)O2)[C@@H](O[Si](C)(C)C(C)(C)C)C[C@@H]1n1cnc2c(=O)[nH]c(N)nc21.O=[N+]([O-])c1ccc(OP2(=O)OCC[C@H](c3cccc(F)c3F)O2)cc1. The monoisotopic (exact) mass is 1890 g/mol. The van der Waals surface area contributed by atoms with Crippen molar-refractivity contribution in [2.24, 2.45) is 17.8 Å². The van der Waals surface area contributed by atoms with Crippen LogP contribution in [0.15, 0.2) is 149 Å². The molecule has 3 aliphatic carbocycles. The van der Waals surface area contributed by atoms with Crippen LogP contribution in [0, 0.1) is 62.8 Å². The highest BCUT2D eigenvalue weighted by Crippen LogP contribution is 2.62. The predicted octanol–water partition coefficient (Wildman–Crippen LogP) is 15.3. The van der Waals surface area contributed by atoms with E-state index in [2.05, 4.69) is 132 Å². The van der Waals surface area contributed by atoms with Crippen LogP contribution in [0.3, 0.4) is 0 Å². The van der Waals surface area contributed by atoms with Gasteiger partial charge in [-0.05, 0) is 103 Å². The fourth-order valence-electron chi connectivity index (χ4n) is 15.3. The van der Waals surface area contributed by atoms with E-state index in [-0.39, 0.29) is 173 Å². The van der Waals surface area contributed by atoms with Gasteiger partial charge in [0.1, 0.15) is 11.9 Å². The number of aromatic amines is 3. The van der Waals surface area contributed by atoms with Gasteiger partial charge in [0.05, 0.1) is 112 Å². The Morgan fingerprint density at radius 2 is 0.860 bits per heavy atom. The van der Waals surface area contributed by atoms with Gasteiger partial charge < -0.3 is 54.5 Å². The number of halogens is 6. The number of hydrogen-bond acceptors (Lipinski definition) is 30. The van der Waals surface area contributed by atoms with Gasteiger partial charge in [0.15, 0.2) is 85.0 Å². The van der Waals surface area contributed by atoms with Gasteiger partial charge in [-0.15, -0.1) is 0 Å². The van der Waals surface area contributed by atoms with Crippen molar-refractivity contribution in [2.45, 2.75) is 171 Å². The molecule has 694 valence electrons. The fourth-order valence-corrected chi connectivity index (χ4v) is 22.2. The first-order valence-electron chi connectivity index (χ1n) is 40.8. The van der Waals surface area contributed by atoms with Crippen LogP contribution in [-0.4, -0.2) is 148 Å². The van der Waals surface area contributed by atoms with Gasteiger partial charge in [-0.3, -0.25) is 75.6 Å². The van der Waals surface area contributed by atoms with Crippen LogP contribution in [0.25, 0.3) is 33.5 Å². The lowest BCUT2D eigenvalue weighted by atomic mass is 10.0. The number of benzene rings is 4. The summed E-state index contributed by atoms with van der Waals surface area (Å²) in [4.78, 5) is 79.0. The summed E-state index contributed by atoms with van der Waals surface area (Å²) in [6.45, 7) is 33.6. The van der Waals surface area contributed by atoms with Crippen LogP contribution >= 0.6 is 23.5 Å². The molecule has 6 fully saturated rings. The number of nitro groups is 1. The van der Waals surface area contributed by atoms with Crippen molar-refractivity contribution in [1.29, 1.82) is 0 Å². The van der Waals surface area contributed by atoms with Crippen molar-refractivity contribution in [1.82, 2.24) is 58.6 Å². The normalized spacial score (nSPS) is 26.3. The second-order valence-corrected chi connectivity index (χ2v) is 48.9. The molecule has 0 spiro atoms.